The van der Waals surface area contributed by atoms with Gasteiger partial charge in [-0.05, 0) is 52.4 Å². The van der Waals surface area contributed by atoms with E-state index in [0.29, 0.717) is 58.7 Å². The second kappa shape index (κ2) is 20.9. The Labute approximate surface area is 301 Å². The van der Waals surface area contributed by atoms with Gasteiger partial charge in [-0.3, -0.25) is 19.2 Å². The molecular formula is C36H60N4O11. The molecule has 0 radical (unpaired) electrons. The van der Waals surface area contributed by atoms with Crippen molar-refractivity contribution in [3.63, 3.8) is 0 Å². The molecular weight excluding hydrogens is 664 g/mol. The third-order valence-electron chi connectivity index (χ3n) is 9.60. The van der Waals surface area contributed by atoms with Crippen molar-refractivity contribution >= 4 is 30.0 Å². The van der Waals surface area contributed by atoms with Crippen LogP contribution in [-0.4, -0.2) is 132 Å². The number of aldehydes is 1. The van der Waals surface area contributed by atoms with Crippen LogP contribution in [0.4, 0.5) is 0 Å². The van der Waals surface area contributed by atoms with E-state index in [0.717, 1.165) is 12.8 Å². The summed E-state index contributed by atoms with van der Waals surface area (Å²) in [5.41, 5.74) is 0.610. The Morgan fingerprint density at radius 1 is 0.961 bits per heavy atom. The standard InChI is InChI=1S/C36H60N4O11/c1-24(2)9-10-27-35(5,51-27)33-32(46-6)26(11-13-36(33)23-49-36)50-30(44)8-7-18-47-20-21-48-19-16-38-28(42)12-14-39-31(25(3)4)34(45)40-22-29(43)37-15-17-41/h9,17,25-27,31-33,39H,7-8,10-16,18-23H2,1-6H3,(H,37,43)(H,38,42)(H,40,45)/t26?,27-,31+,32?,33?,35?,36+/m1/s1. The summed E-state index contributed by atoms with van der Waals surface area (Å²) in [4.78, 5) is 59.3. The lowest BCUT2D eigenvalue weighted by Gasteiger charge is -2.42. The maximum absolute atomic E-state index is 12.8. The number of rotatable bonds is 25. The molecule has 3 aliphatic rings. The van der Waals surface area contributed by atoms with Crippen LogP contribution in [0, 0.1) is 11.8 Å². The van der Waals surface area contributed by atoms with Crippen LogP contribution in [0.2, 0.25) is 0 Å². The highest BCUT2D eigenvalue weighted by atomic mass is 16.6. The number of nitrogens with one attached hydrogen (secondary N) is 4. The molecule has 15 heteroatoms. The van der Waals surface area contributed by atoms with E-state index < -0.39 is 11.9 Å². The molecule has 4 N–H and O–H groups in total. The summed E-state index contributed by atoms with van der Waals surface area (Å²) in [5.74, 6) is -1.37. The Hall–Kier alpha value is -2.95. The van der Waals surface area contributed by atoms with Crippen LogP contribution in [-0.2, 0) is 52.4 Å². The summed E-state index contributed by atoms with van der Waals surface area (Å²) in [5, 5.41) is 10.7. The highest BCUT2D eigenvalue weighted by molar-refractivity contribution is 5.88. The maximum atomic E-state index is 12.8. The molecule has 1 aliphatic carbocycles. The number of amides is 3. The summed E-state index contributed by atoms with van der Waals surface area (Å²) in [6.45, 7) is 12.3. The van der Waals surface area contributed by atoms with E-state index in [4.69, 9.17) is 28.4 Å². The minimum atomic E-state index is -0.582. The van der Waals surface area contributed by atoms with Gasteiger partial charge in [-0.15, -0.1) is 0 Å². The smallest absolute Gasteiger partial charge is 0.306 e. The molecule has 2 aliphatic heterocycles. The van der Waals surface area contributed by atoms with Gasteiger partial charge in [-0.25, -0.2) is 0 Å². The number of esters is 1. The van der Waals surface area contributed by atoms with Gasteiger partial charge >= 0.3 is 5.97 Å². The molecule has 1 spiro atoms. The zero-order valence-corrected chi connectivity index (χ0v) is 31.2. The lowest BCUT2D eigenvalue weighted by Crippen LogP contribution is -2.55. The van der Waals surface area contributed by atoms with E-state index in [9.17, 15) is 24.0 Å². The van der Waals surface area contributed by atoms with Gasteiger partial charge < -0.3 is 54.5 Å². The highest BCUT2D eigenvalue weighted by Crippen LogP contribution is 2.59. The van der Waals surface area contributed by atoms with Crippen molar-refractivity contribution in [1.29, 1.82) is 0 Å². The summed E-state index contributed by atoms with van der Waals surface area (Å²) >= 11 is 0. The monoisotopic (exact) mass is 724 g/mol. The van der Waals surface area contributed by atoms with E-state index in [1.54, 1.807) is 7.11 Å². The van der Waals surface area contributed by atoms with Crippen LogP contribution >= 0.6 is 0 Å². The molecule has 0 aromatic rings. The predicted molar refractivity (Wildman–Crippen MR) is 187 cm³/mol. The van der Waals surface area contributed by atoms with Gasteiger partial charge in [0.25, 0.3) is 0 Å². The SMILES string of the molecule is COC1C(OC(=O)CCCOCCOCCNC(=O)CCN[C@H](C(=O)NCC(=O)NCC=O)C(C)C)CC[C@]2(CO2)C1C1(C)O[C@@H]1CC=C(C)C. The number of epoxide rings is 2. The number of methoxy groups -OCH3 is 1. The van der Waals surface area contributed by atoms with Crippen molar-refractivity contribution in [1.82, 2.24) is 21.3 Å². The number of hydrogen-bond acceptors (Lipinski definition) is 12. The fourth-order valence-corrected chi connectivity index (χ4v) is 6.76. The van der Waals surface area contributed by atoms with Crippen LogP contribution in [0.3, 0.4) is 0 Å². The number of carbonyl (C=O) groups is 5. The van der Waals surface area contributed by atoms with E-state index in [1.807, 2.05) is 13.8 Å². The van der Waals surface area contributed by atoms with E-state index in [2.05, 4.69) is 48.1 Å². The van der Waals surface area contributed by atoms with Crippen molar-refractivity contribution in [3.8, 4) is 0 Å². The van der Waals surface area contributed by atoms with E-state index >= 15 is 0 Å². The average Bonchev–Trinajstić information content (AvgIpc) is 4.01. The number of hydrogen-bond donors (Lipinski definition) is 4. The first-order valence-corrected chi connectivity index (χ1v) is 18.2. The fourth-order valence-electron chi connectivity index (χ4n) is 6.76. The van der Waals surface area contributed by atoms with Gasteiger partial charge in [0, 0.05) is 39.6 Å². The molecule has 2 saturated heterocycles. The average molecular weight is 725 g/mol. The normalized spacial score (nSPS) is 27.0. The number of allylic oxidation sites excluding steroid dienone is 1. The van der Waals surface area contributed by atoms with Gasteiger partial charge in [0.1, 0.15) is 29.7 Å². The molecule has 0 bridgehead atoms. The summed E-state index contributed by atoms with van der Waals surface area (Å²) in [7, 11) is 1.67. The minimum Gasteiger partial charge on any atom is -0.460 e. The quantitative estimate of drug-likeness (QED) is 0.0343. The van der Waals surface area contributed by atoms with Gasteiger partial charge in [0.05, 0.1) is 57.6 Å². The zero-order valence-electron chi connectivity index (χ0n) is 31.2. The van der Waals surface area contributed by atoms with E-state index in [-0.39, 0.29) is 91.6 Å². The Morgan fingerprint density at radius 2 is 1.69 bits per heavy atom. The van der Waals surface area contributed by atoms with Crippen LogP contribution < -0.4 is 21.3 Å². The second-order valence-electron chi connectivity index (χ2n) is 14.2. The van der Waals surface area contributed by atoms with Crippen molar-refractivity contribution in [2.45, 2.75) is 109 Å². The van der Waals surface area contributed by atoms with Crippen LogP contribution in [0.25, 0.3) is 0 Å². The van der Waals surface area contributed by atoms with Crippen LogP contribution in [0.5, 0.6) is 0 Å². The molecule has 1 saturated carbocycles. The molecule has 51 heavy (non-hydrogen) atoms. The summed E-state index contributed by atoms with van der Waals surface area (Å²) < 4.78 is 35.2. The molecule has 3 rings (SSSR count). The third kappa shape index (κ3) is 13.5. The van der Waals surface area contributed by atoms with Gasteiger partial charge in [0.2, 0.25) is 17.7 Å². The molecule has 3 amide bonds. The predicted octanol–water partition coefficient (Wildman–Crippen LogP) is 0.971. The van der Waals surface area contributed by atoms with E-state index in [1.165, 1.54) is 5.57 Å². The van der Waals surface area contributed by atoms with Crippen molar-refractivity contribution in [3.05, 3.63) is 11.6 Å². The first kappa shape index (κ1) is 42.5. The Kier molecular flexibility index (Phi) is 17.4. The minimum absolute atomic E-state index is 0.0157. The van der Waals surface area contributed by atoms with Gasteiger partial charge in [-0.2, -0.15) is 0 Å². The van der Waals surface area contributed by atoms with Crippen molar-refractivity contribution < 1.29 is 52.4 Å². The summed E-state index contributed by atoms with van der Waals surface area (Å²) in [6, 6.07) is -0.582. The molecule has 2 heterocycles. The molecule has 3 fully saturated rings. The van der Waals surface area contributed by atoms with Crippen LogP contribution in [0.15, 0.2) is 11.6 Å². The first-order valence-electron chi connectivity index (χ1n) is 18.2. The Balaban J connectivity index is 1.21. The maximum Gasteiger partial charge on any atom is 0.306 e. The fraction of sp³-hybridized carbons (Fsp3) is 0.806. The highest BCUT2D eigenvalue weighted by Gasteiger charge is 2.72. The molecule has 4 unspecified atom stereocenters. The lowest BCUT2D eigenvalue weighted by molar-refractivity contribution is -0.172. The number of carbonyl (C=O) groups excluding carboxylic acids is 5. The van der Waals surface area contributed by atoms with Crippen molar-refractivity contribution in [2.24, 2.45) is 11.8 Å². The molecule has 15 nitrogen and oxygen atoms in total. The topological polar surface area (TPSA) is 195 Å². The van der Waals surface area contributed by atoms with Crippen LogP contribution in [0.1, 0.15) is 73.1 Å². The Morgan fingerprint density at radius 3 is 2.33 bits per heavy atom. The molecule has 290 valence electrons. The summed E-state index contributed by atoms with van der Waals surface area (Å²) in [6.07, 6.45) is 5.44. The van der Waals surface area contributed by atoms with Crippen molar-refractivity contribution in [2.75, 3.05) is 66.3 Å². The number of ether oxygens (including phenoxy) is 6. The first-order chi connectivity index (χ1) is 24.4. The Bertz CT molecular complexity index is 1190. The van der Waals surface area contributed by atoms with Gasteiger partial charge in [0.15, 0.2) is 0 Å². The molecule has 0 aromatic carbocycles. The largest absolute Gasteiger partial charge is 0.460 e. The van der Waals surface area contributed by atoms with Gasteiger partial charge in [-0.1, -0.05) is 25.5 Å². The zero-order chi connectivity index (χ0) is 37.4. The molecule has 0 aromatic heterocycles. The molecule has 7 atom stereocenters. The second-order valence-corrected chi connectivity index (χ2v) is 14.2. The lowest BCUT2D eigenvalue weighted by atomic mass is 9.68. The third-order valence-corrected chi connectivity index (χ3v) is 9.60.